The molecule has 3 saturated carbocycles. The third-order valence-corrected chi connectivity index (χ3v) is 5.87. The molecule has 0 saturated heterocycles. The molecule has 0 spiro atoms. The Morgan fingerprint density at radius 3 is 2.58 bits per heavy atom. The van der Waals surface area contributed by atoms with Crippen molar-refractivity contribution in [3.05, 3.63) is 34.6 Å². The minimum atomic E-state index is -0.352. The Morgan fingerprint density at radius 2 is 1.95 bits per heavy atom. The van der Waals surface area contributed by atoms with Crippen LogP contribution in [0.5, 0.6) is 0 Å². The molecule has 19 heavy (non-hydrogen) atoms. The van der Waals surface area contributed by atoms with Crippen LogP contribution in [0, 0.1) is 35.4 Å². The number of hydrogen-bond donors (Lipinski definition) is 0. The van der Waals surface area contributed by atoms with Gasteiger partial charge in [0.25, 0.3) is 0 Å². The molecule has 3 aliphatic rings. The van der Waals surface area contributed by atoms with Crippen molar-refractivity contribution in [2.45, 2.75) is 25.7 Å². The lowest BCUT2D eigenvalue weighted by Gasteiger charge is -2.09. The molecule has 100 valence electrons. The maximum absolute atomic E-state index is 13.7. The summed E-state index contributed by atoms with van der Waals surface area (Å²) in [4.78, 5) is 12.4. The van der Waals surface area contributed by atoms with E-state index in [1.54, 1.807) is 12.1 Å². The normalized spacial score (nSPS) is 38.3. The van der Waals surface area contributed by atoms with Gasteiger partial charge in [-0.25, -0.2) is 4.39 Å². The fraction of sp³-hybridized carbons (Fsp3) is 0.562. The van der Waals surface area contributed by atoms with Gasteiger partial charge in [0.2, 0.25) is 0 Å². The molecule has 0 aromatic heterocycles. The predicted octanol–water partition coefficient (Wildman–Crippen LogP) is 3.88. The summed E-state index contributed by atoms with van der Waals surface area (Å²) in [6.07, 6.45) is 4.11. The zero-order chi connectivity index (χ0) is 13.1. The monoisotopic (exact) mass is 278 g/mol. The maximum Gasteiger partial charge on any atom is 0.141 e. The third-order valence-electron chi connectivity index (χ3n) is 5.52. The van der Waals surface area contributed by atoms with Crippen molar-refractivity contribution < 1.29 is 9.18 Å². The van der Waals surface area contributed by atoms with Crippen molar-refractivity contribution in [3.8, 4) is 0 Å². The van der Waals surface area contributed by atoms with Crippen LogP contribution >= 0.6 is 11.6 Å². The van der Waals surface area contributed by atoms with Crippen molar-refractivity contribution in [3.63, 3.8) is 0 Å². The first-order valence-electron chi connectivity index (χ1n) is 7.12. The van der Waals surface area contributed by atoms with Crippen LogP contribution < -0.4 is 0 Å². The Labute approximate surface area is 117 Å². The Kier molecular flexibility index (Phi) is 2.54. The molecule has 3 aliphatic carbocycles. The summed E-state index contributed by atoms with van der Waals surface area (Å²) < 4.78 is 13.7. The summed E-state index contributed by atoms with van der Waals surface area (Å²) in [5, 5.41) is 0.377. The molecular formula is C16H16ClFO. The van der Waals surface area contributed by atoms with Gasteiger partial charge in [-0.3, -0.25) is 4.79 Å². The molecule has 3 fully saturated rings. The molecule has 4 rings (SSSR count). The van der Waals surface area contributed by atoms with Crippen LogP contribution in [0.4, 0.5) is 4.39 Å². The first-order valence-corrected chi connectivity index (χ1v) is 7.50. The van der Waals surface area contributed by atoms with Crippen LogP contribution in [0.15, 0.2) is 18.2 Å². The Hall–Kier alpha value is -0.890. The van der Waals surface area contributed by atoms with E-state index in [4.69, 9.17) is 11.6 Å². The van der Waals surface area contributed by atoms with Gasteiger partial charge < -0.3 is 0 Å². The van der Waals surface area contributed by atoms with Gasteiger partial charge in [0.15, 0.2) is 0 Å². The van der Waals surface area contributed by atoms with Gasteiger partial charge in [0.1, 0.15) is 11.6 Å². The highest BCUT2D eigenvalue weighted by atomic mass is 35.5. The quantitative estimate of drug-likeness (QED) is 0.820. The van der Waals surface area contributed by atoms with Crippen molar-refractivity contribution >= 4 is 17.4 Å². The van der Waals surface area contributed by atoms with Gasteiger partial charge in [-0.15, -0.1) is 0 Å². The lowest BCUT2D eigenvalue weighted by molar-refractivity contribution is -0.120. The van der Waals surface area contributed by atoms with Gasteiger partial charge in [-0.2, -0.15) is 0 Å². The SMILES string of the molecule is O=C(Cc1c(F)cccc1Cl)C1C2C3CCC(C3)C12. The number of carbonyl (C=O) groups excluding carboxylic acids is 1. The number of Topliss-reactive ketones (excluding diaryl/α,β-unsaturated/α-hetero) is 1. The standard InChI is InChI=1S/C16H16ClFO/c17-11-2-1-3-12(18)10(11)7-13(19)16-14-8-4-5-9(6-8)15(14)16/h1-3,8-9,14-16H,4-7H2. The van der Waals surface area contributed by atoms with E-state index in [9.17, 15) is 9.18 Å². The molecule has 4 atom stereocenters. The zero-order valence-corrected chi connectivity index (χ0v) is 11.4. The number of carbonyl (C=O) groups is 1. The summed E-state index contributed by atoms with van der Waals surface area (Å²) in [5.74, 6) is 2.86. The molecule has 1 nitrogen and oxygen atoms in total. The van der Waals surface area contributed by atoms with Crippen LogP contribution in [0.3, 0.4) is 0 Å². The molecule has 2 bridgehead atoms. The summed E-state index contributed by atoms with van der Waals surface area (Å²) in [6, 6.07) is 4.62. The predicted molar refractivity (Wildman–Crippen MR) is 71.4 cm³/mol. The highest BCUT2D eigenvalue weighted by Crippen LogP contribution is 2.69. The molecule has 3 heteroatoms. The summed E-state index contributed by atoms with van der Waals surface area (Å²) in [5.41, 5.74) is 0.381. The number of halogens is 2. The third kappa shape index (κ3) is 1.69. The molecule has 1 aromatic rings. The number of benzene rings is 1. The van der Waals surface area contributed by atoms with Crippen LogP contribution in [0.2, 0.25) is 5.02 Å². The van der Waals surface area contributed by atoms with Gasteiger partial charge in [-0.1, -0.05) is 17.7 Å². The van der Waals surface area contributed by atoms with Crippen LogP contribution in [-0.4, -0.2) is 5.78 Å². The maximum atomic E-state index is 13.7. The van der Waals surface area contributed by atoms with Crippen molar-refractivity contribution in [2.75, 3.05) is 0 Å². The van der Waals surface area contributed by atoms with E-state index in [0.717, 1.165) is 11.8 Å². The number of rotatable bonds is 3. The molecular weight excluding hydrogens is 263 g/mol. The summed E-state index contributed by atoms with van der Waals surface area (Å²) in [7, 11) is 0. The lowest BCUT2D eigenvalue weighted by Crippen LogP contribution is -2.13. The van der Waals surface area contributed by atoms with Crippen molar-refractivity contribution in [2.24, 2.45) is 29.6 Å². The second-order valence-corrected chi connectivity index (χ2v) is 6.76. The molecule has 0 aliphatic heterocycles. The molecule has 0 N–H and O–H groups in total. The second kappa shape index (κ2) is 4.05. The molecule has 1 aromatic carbocycles. The molecule has 0 radical (unpaired) electrons. The van der Waals surface area contributed by atoms with E-state index >= 15 is 0 Å². The van der Waals surface area contributed by atoms with E-state index in [-0.39, 0.29) is 23.9 Å². The topological polar surface area (TPSA) is 17.1 Å². The Bertz CT molecular complexity index is 519. The van der Waals surface area contributed by atoms with Gasteiger partial charge >= 0.3 is 0 Å². The lowest BCUT2D eigenvalue weighted by atomic mass is 9.96. The highest BCUT2D eigenvalue weighted by molar-refractivity contribution is 6.31. The first kappa shape index (κ1) is 11.9. The molecule has 4 unspecified atom stereocenters. The van der Waals surface area contributed by atoms with Gasteiger partial charge in [0.05, 0.1) is 0 Å². The number of fused-ring (bicyclic) bond motifs is 5. The Balaban J connectivity index is 1.52. The fourth-order valence-electron chi connectivity index (χ4n) is 4.75. The smallest absolute Gasteiger partial charge is 0.141 e. The zero-order valence-electron chi connectivity index (χ0n) is 10.6. The van der Waals surface area contributed by atoms with Crippen molar-refractivity contribution in [1.82, 2.24) is 0 Å². The minimum absolute atomic E-state index is 0.169. The largest absolute Gasteiger partial charge is 0.299 e. The van der Waals surface area contributed by atoms with E-state index in [2.05, 4.69) is 0 Å². The molecule has 0 amide bonds. The van der Waals surface area contributed by atoms with E-state index in [0.29, 0.717) is 22.4 Å². The minimum Gasteiger partial charge on any atom is -0.299 e. The summed E-state index contributed by atoms with van der Waals surface area (Å²) in [6.45, 7) is 0. The van der Waals surface area contributed by atoms with Gasteiger partial charge in [-0.05, 0) is 55.1 Å². The Morgan fingerprint density at radius 1 is 1.26 bits per heavy atom. The van der Waals surface area contributed by atoms with Crippen LogP contribution in [-0.2, 0) is 11.2 Å². The summed E-state index contributed by atoms with van der Waals surface area (Å²) >= 11 is 6.00. The van der Waals surface area contributed by atoms with E-state index < -0.39 is 0 Å². The van der Waals surface area contributed by atoms with Crippen LogP contribution in [0.25, 0.3) is 0 Å². The van der Waals surface area contributed by atoms with Crippen LogP contribution in [0.1, 0.15) is 24.8 Å². The average Bonchev–Trinajstić information content (AvgIpc) is 2.83. The number of hydrogen-bond acceptors (Lipinski definition) is 1. The van der Waals surface area contributed by atoms with E-state index in [1.807, 2.05) is 0 Å². The first-order chi connectivity index (χ1) is 9.16. The second-order valence-electron chi connectivity index (χ2n) is 6.36. The van der Waals surface area contributed by atoms with E-state index in [1.165, 1.54) is 25.3 Å². The van der Waals surface area contributed by atoms with Crippen molar-refractivity contribution in [1.29, 1.82) is 0 Å². The molecule has 0 heterocycles. The van der Waals surface area contributed by atoms with Gasteiger partial charge in [0, 0.05) is 22.9 Å². The number of ketones is 1. The highest BCUT2D eigenvalue weighted by Gasteiger charge is 2.66. The fourth-order valence-corrected chi connectivity index (χ4v) is 4.98. The average molecular weight is 279 g/mol.